The molecule has 0 N–H and O–H groups in total. The van der Waals surface area contributed by atoms with Crippen LogP contribution in [-0.2, 0) is 22.8 Å². The van der Waals surface area contributed by atoms with Crippen LogP contribution in [0.4, 0.5) is 4.39 Å². The monoisotopic (exact) mass is 460 g/mol. The molecule has 0 radical (unpaired) electrons. The van der Waals surface area contributed by atoms with Crippen LogP contribution in [0, 0.1) is 19.7 Å². The molecule has 0 fully saturated rings. The van der Waals surface area contributed by atoms with Gasteiger partial charge in [0.25, 0.3) is 0 Å². The second kappa shape index (κ2) is 8.55. The van der Waals surface area contributed by atoms with Gasteiger partial charge in [0.2, 0.25) is 9.84 Å². The Balaban J connectivity index is 0.00000300. The van der Waals surface area contributed by atoms with E-state index in [1.807, 2.05) is 39.8 Å². The van der Waals surface area contributed by atoms with Gasteiger partial charge in [0, 0.05) is 23.5 Å². The van der Waals surface area contributed by atoms with Gasteiger partial charge in [-0.1, -0.05) is 18.5 Å². The van der Waals surface area contributed by atoms with Crippen LogP contribution in [0.1, 0.15) is 29.6 Å². The van der Waals surface area contributed by atoms with Gasteiger partial charge in [0.05, 0.1) is 15.6 Å². The third-order valence-corrected chi connectivity index (χ3v) is 6.75. The topological polar surface area (TPSA) is 67.6 Å². The Bertz CT molecular complexity index is 1180. The number of hydrogen-bond acceptors (Lipinski definition) is 5. The molecule has 3 aromatic rings. The summed E-state index contributed by atoms with van der Waals surface area (Å²) in [5.41, 5.74) is 3.27. The molecule has 0 atom stereocenters. The standard InChI is InChI=1S/C19H22ClFN4O2S.ClH/c1-6-17-18(28(26,27)13-7-8-16(21)15(20)9-13)19-22-11(2)14(10-24(4)5)12(3)25(19)23-17;/h7-9H,6,10H2,1-5H3;1H. The van der Waals surface area contributed by atoms with E-state index in [4.69, 9.17) is 11.6 Å². The summed E-state index contributed by atoms with van der Waals surface area (Å²) in [5, 5.41) is 4.27. The average Bonchev–Trinajstić information content (AvgIpc) is 3.00. The molecule has 0 amide bonds. The molecule has 1 aromatic carbocycles. The molecule has 0 spiro atoms. The van der Waals surface area contributed by atoms with Crippen LogP contribution >= 0.6 is 24.0 Å². The number of hydrogen-bond donors (Lipinski definition) is 0. The van der Waals surface area contributed by atoms with E-state index in [9.17, 15) is 12.8 Å². The van der Waals surface area contributed by atoms with Gasteiger partial charge < -0.3 is 4.90 Å². The maximum atomic E-state index is 13.5. The highest BCUT2D eigenvalue weighted by atomic mass is 35.5. The van der Waals surface area contributed by atoms with Crippen molar-refractivity contribution < 1.29 is 12.8 Å². The number of sulfone groups is 1. The van der Waals surface area contributed by atoms with E-state index in [1.54, 1.807) is 4.52 Å². The Labute approximate surface area is 181 Å². The van der Waals surface area contributed by atoms with Crippen molar-refractivity contribution in [3.05, 3.63) is 51.7 Å². The fourth-order valence-corrected chi connectivity index (χ4v) is 5.07. The summed E-state index contributed by atoms with van der Waals surface area (Å²) in [7, 11) is -0.0687. The highest BCUT2D eigenvalue weighted by molar-refractivity contribution is 7.91. The minimum Gasteiger partial charge on any atom is -0.305 e. The summed E-state index contributed by atoms with van der Waals surface area (Å²) < 4.78 is 41.8. The van der Waals surface area contributed by atoms with Gasteiger partial charge in [-0.05, 0) is 52.6 Å². The third kappa shape index (κ3) is 4.12. The van der Waals surface area contributed by atoms with E-state index in [-0.39, 0.29) is 32.9 Å². The molecular formula is C19H23Cl2FN4O2S. The van der Waals surface area contributed by atoms with Gasteiger partial charge in [-0.15, -0.1) is 12.4 Å². The Morgan fingerprint density at radius 1 is 1.24 bits per heavy atom. The van der Waals surface area contributed by atoms with Crippen molar-refractivity contribution in [1.82, 2.24) is 19.5 Å². The molecule has 0 unspecified atom stereocenters. The lowest BCUT2D eigenvalue weighted by atomic mass is 10.1. The molecule has 158 valence electrons. The van der Waals surface area contributed by atoms with E-state index in [2.05, 4.69) is 10.1 Å². The lowest BCUT2D eigenvalue weighted by Crippen LogP contribution is -2.16. The second-order valence-electron chi connectivity index (χ2n) is 6.94. The minimum absolute atomic E-state index is 0. The van der Waals surface area contributed by atoms with Crippen LogP contribution in [-0.4, -0.2) is 42.0 Å². The van der Waals surface area contributed by atoms with Crippen molar-refractivity contribution in [2.24, 2.45) is 0 Å². The van der Waals surface area contributed by atoms with Crippen LogP contribution in [0.3, 0.4) is 0 Å². The van der Waals surface area contributed by atoms with E-state index >= 15 is 0 Å². The predicted octanol–water partition coefficient (Wildman–Crippen LogP) is 4.02. The van der Waals surface area contributed by atoms with Gasteiger partial charge in [-0.25, -0.2) is 22.3 Å². The summed E-state index contributed by atoms with van der Waals surface area (Å²) in [6, 6.07) is 3.38. The Hall–Kier alpha value is -1.74. The van der Waals surface area contributed by atoms with E-state index in [0.29, 0.717) is 18.7 Å². The number of aryl methyl sites for hydroxylation is 3. The quantitative estimate of drug-likeness (QED) is 0.537. The average molecular weight is 461 g/mol. The first-order valence-electron chi connectivity index (χ1n) is 8.80. The summed E-state index contributed by atoms with van der Waals surface area (Å²) in [6.45, 7) is 6.26. The van der Waals surface area contributed by atoms with Crippen molar-refractivity contribution in [2.45, 2.75) is 43.5 Å². The van der Waals surface area contributed by atoms with Crippen molar-refractivity contribution >= 4 is 39.5 Å². The summed E-state index contributed by atoms with van der Waals surface area (Å²) in [5.74, 6) is -0.672. The van der Waals surface area contributed by atoms with Crippen LogP contribution in [0.5, 0.6) is 0 Å². The van der Waals surface area contributed by atoms with Crippen LogP contribution < -0.4 is 0 Å². The molecule has 29 heavy (non-hydrogen) atoms. The summed E-state index contributed by atoms with van der Waals surface area (Å²) in [6.07, 6.45) is 0.411. The largest absolute Gasteiger partial charge is 0.305 e. The Morgan fingerprint density at radius 2 is 1.90 bits per heavy atom. The molecule has 0 aliphatic rings. The van der Waals surface area contributed by atoms with Gasteiger partial charge in [0.1, 0.15) is 10.7 Å². The molecular weight excluding hydrogens is 438 g/mol. The number of rotatable bonds is 5. The summed E-state index contributed by atoms with van der Waals surface area (Å²) >= 11 is 5.81. The van der Waals surface area contributed by atoms with Crippen LogP contribution in [0.15, 0.2) is 28.0 Å². The van der Waals surface area contributed by atoms with Crippen molar-refractivity contribution in [3.8, 4) is 0 Å². The Kier molecular flexibility index (Phi) is 6.94. The van der Waals surface area contributed by atoms with Gasteiger partial charge in [-0.3, -0.25) is 0 Å². The number of aromatic nitrogens is 3. The molecule has 0 bridgehead atoms. The first-order valence-corrected chi connectivity index (χ1v) is 10.7. The Morgan fingerprint density at radius 3 is 2.45 bits per heavy atom. The zero-order chi connectivity index (χ0) is 20.8. The molecule has 0 saturated heterocycles. The highest BCUT2D eigenvalue weighted by Crippen LogP contribution is 2.31. The molecule has 2 aromatic heterocycles. The van der Waals surface area contributed by atoms with Crippen molar-refractivity contribution in [2.75, 3.05) is 14.1 Å². The normalized spacial score (nSPS) is 11.9. The van der Waals surface area contributed by atoms with E-state index < -0.39 is 15.7 Å². The fourth-order valence-electron chi connectivity index (χ4n) is 3.20. The molecule has 2 heterocycles. The van der Waals surface area contributed by atoms with Gasteiger partial charge in [-0.2, -0.15) is 5.10 Å². The number of fused-ring (bicyclic) bond motifs is 1. The smallest absolute Gasteiger partial charge is 0.212 e. The molecule has 3 rings (SSSR count). The third-order valence-electron chi connectivity index (χ3n) is 4.63. The summed E-state index contributed by atoms with van der Waals surface area (Å²) in [4.78, 5) is 6.55. The zero-order valence-electron chi connectivity index (χ0n) is 16.8. The van der Waals surface area contributed by atoms with E-state index in [0.717, 1.165) is 29.1 Å². The molecule has 0 aliphatic heterocycles. The molecule has 0 aliphatic carbocycles. The lowest BCUT2D eigenvalue weighted by molar-refractivity contribution is 0.398. The van der Waals surface area contributed by atoms with Crippen LogP contribution in [0.25, 0.3) is 5.65 Å². The van der Waals surface area contributed by atoms with Gasteiger partial charge >= 0.3 is 0 Å². The fraction of sp³-hybridized carbons (Fsp3) is 0.368. The van der Waals surface area contributed by atoms with E-state index in [1.165, 1.54) is 6.07 Å². The predicted molar refractivity (Wildman–Crippen MR) is 113 cm³/mol. The maximum Gasteiger partial charge on any atom is 0.212 e. The van der Waals surface area contributed by atoms with Gasteiger partial charge in [0.15, 0.2) is 5.65 Å². The number of nitrogens with zero attached hydrogens (tertiary/aromatic N) is 4. The number of halogens is 3. The SMILES string of the molecule is CCc1nn2c(C)c(CN(C)C)c(C)nc2c1S(=O)(=O)c1ccc(F)c(Cl)c1.Cl. The minimum atomic E-state index is -3.98. The lowest BCUT2D eigenvalue weighted by Gasteiger charge is -2.15. The molecule has 10 heteroatoms. The van der Waals surface area contributed by atoms with Crippen molar-refractivity contribution in [3.63, 3.8) is 0 Å². The molecule has 0 saturated carbocycles. The zero-order valence-corrected chi connectivity index (χ0v) is 19.2. The maximum absolute atomic E-state index is 13.5. The van der Waals surface area contributed by atoms with Crippen molar-refractivity contribution in [1.29, 1.82) is 0 Å². The van der Waals surface area contributed by atoms with Crippen LogP contribution in [0.2, 0.25) is 5.02 Å². The first-order chi connectivity index (χ1) is 13.1. The first kappa shape index (κ1) is 23.5. The number of benzene rings is 1. The molecule has 6 nitrogen and oxygen atoms in total. The second-order valence-corrected chi connectivity index (χ2v) is 9.24. The highest BCUT2D eigenvalue weighted by Gasteiger charge is 2.29.